The zero-order chi connectivity index (χ0) is 40.9. The maximum absolute atomic E-state index is 14.4. The summed E-state index contributed by atoms with van der Waals surface area (Å²) in [5.74, 6) is -7.12. The molecule has 0 amide bonds. The van der Waals surface area contributed by atoms with Crippen LogP contribution in [0.2, 0.25) is 0 Å². The van der Waals surface area contributed by atoms with Crippen LogP contribution in [0, 0.1) is 70.3 Å². The van der Waals surface area contributed by atoms with Crippen molar-refractivity contribution in [2.24, 2.45) is 5.41 Å². The average Bonchev–Trinajstić information content (AvgIpc) is 3.08. The zero-order valence-electron chi connectivity index (χ0n) is 33.3. The van der Waals surface area contributed by atoms with Crippen LogP contribution in [0.3, 0.4) is 0 Å². The first-order valence-electron chi connectivity index (χ1n) is 17.3. The molecule has 5 rings (SSSR count). The summed E-state index contributed by atoms with van der Waals surface area (Å²) in [6, 6.07) is 20.1. The van der Waals surface area contributed by atoms with E-state index >= 15 is 0 Å². The SMILES string of the molecule is C.C.C.C.C[C-](C)C.Cc1ccc(B2OCC(C)(C)CO2)cc1C.Cc1ccc(C(F)(F)C(F)(F)c2ccc(C)c(C)c2)cc1C.Cc1ccc(I)cc1C.[O]=[Cu]. The Balaban J connectivity index is -0.000000354. The van der Waals surface area contributed by atoms with Gasteiger partial charge in [-0.1, -0.05) is 92.1 Å². The number of alkyl halides is 4. The molecule has 57 heavy (non-hydrogen) atoms. The van der Waals surface area contributed by atoms with Gasteiger partial charge in [0.25, 0.3) is 0 Å². The van der Waals surface area contributed by atoms with Crippen LogP contribution < -0.4 is 5.46 Å². The van der Waals surface area contributed by atoms with Crippen LogP contribution in [0.1, 0.15) is 120 Å². The molecule has 4 aromatic rings. The molecular formula is C47H71BCuF4IO3-. The van der Waals surface area contributed by atoms with Crippen molar-refractivity contribution < 1.29 is 46.6 Å². The molecule has 0 radical (unpaired) electrons. The summed E-state index contributed by atoms with van der Waals surface area (Å²) in [4.78, 5) is 0. The fourth-order valence-electron chi connectivity index (χ4n) is 4.74. The van der Waals surface area contributed by atoms with Crippen molar-refractivity contribution in [1.29, 1.82) is 0 Å². The fourth-order valence-corrected chi connectivity index (χ4v) is 5.38. The van der Waals surface area contributed by atoms with Crippen molar-refractivity contribution in [2.75, 3.05) is 13.2 Å². The van der Waals surface area contributed by atoms with Gasteiger partial charge in [0, 0.05) is 33.3 Å². The Hall–Kier alpha value is -2.37. The van der Waals surface area contributed by atoms with Gasteiger partial charge in [0.1, 0.15) is 0 Å². The number of aryl methyl sites for hydroxylation is 8. The summed E-state index contributed by atoms with van der Waals surface area (Å²) in [6.45, 7) is 27.3. The molecule has 4 aromatic carbocycles. The number of hydrogen-bond acceptors (Lipinski definition) is 3. The minimum absolute atomic E-state index is 0. The molecule has 0 atom stereocenters. The molecule has 1 aliphatic rings. The zero-order valence-corrected chi connectivity index (χ0v) is 36.4. The van der Waals surface area contributed by atoms with Crippen LogP contribution in [0.5, 0.6) is 0 Å². The molecule has 0 bridgehead atoms. The van der Waals surface area contributed by atoms with Gasteiger partial charge >= 0.3 is 38.7 Å². The van der Waals surface area contributed by atoms with Crippen molar-refractivity contribution in [3.05, 3.63) is 138 Å². The Kier molecular flexibility index (Phi) is 29.5. The summed E-state index contributed by atoms with van der Waals surface area (Å²) in [6.07, 6.45) is 0. The van der Waals surface area contributed by atoms with Gasteiger partial charge in [-0.25, -0.2) is 0 Å². The standard InChI is InChI=1S/C18H18F4.C13H19BO2.C8H9I.C4H9.4CH4.Cu.O/c1-11-5-7-15(9-13(11)3)17(19,20)18(21,22)16-8-6-12(2)14(4)10-16;1-10-5-6-12(7-11(10)2)14-15-8-13(3,4)9-16-14;1-6-3-4-8(9)5-7(6)2;1-4(2)3;;;;;;/h5-10H,1-4H3;5-7H,8-9H2,1-4H3;3-5H,1-2H3;1-3H3;4*1H4;;/q;;;-1;;;;;;. The second-order valence-electron chi connectivity index (χ2n) is 14.9. The number of hydrogen-bond donors (Lipinski definition) is 0. The summed E-state index contributed by atoms with van der Waals surface area (Å²) in [5, 5.41) is 0. The molecule has 0 N–H and O–H groups in total. The van der Waals surface area contributed by atoms with E-state index in [2.05, 4.69) is 137 Å². The molecule has 10 heteroatoms. The molecule has 0 spiro atoms. The van der Waals surface area contributed by atoms with Crippen LogP contribution in [-0.4, -0.2) is 20.3 Å². The van der Waals surface area contributed by atoms with Crippen molar-refractivity contribution in [1.82, 2.24) is 0 Å². The molecule has 1 heterocycles. The summed E-state index contributed by atoms with van der Waals surface area (Å²) < 4.78 is 78.3. The van der Waals surface area contributed by atoms with E-state index in [-0.39, 0.29) is 42.2 Å². The van der Waals surface area contributed by atoms with Crippen LogP contribution >= 0.6 is 22.6 Å². The van der Waals surface area contributed by atoms with E-state index in [1.807, 2.05) is 0 Å². The minimum atomic E-state index is -4.27. The molecule has 327 valence electrons. The third-order valence-corrected chi connectivity index (χ3v) is 9.33. The first-order valence-corrected chi connectivity index (χ1v) is 18.8. The maximum atomic E-state index is 14.4. The molecule has 1 aliphatic heterocycles. The van der Waals surface area contributed by atoms with E-state index in [1.165, 1.54) is 43.9 Å². The van der Waals surface area contributed by atoms with Crippen molar-refractivity contribution in [3.8, 4) is 0 Å². The predicted octanol–water partition coefficient (Wildman–Crippen LogP) is 14.8. The Morgan fingerprint density at radius 3 is 1.16 bits per heavy atom. The third-order valence-electron chi connectivity index (χ3n) is 8.66. The van der Waals surface area contributed by atoms with E-state index in [1.54, 1.807) is 27.7 Å². The van der Waals surface area contributed by atoms with Gasteiger partial charge in [-0.3, -0.25) is 0 Å². The van der Waals surface area contributed by atoms with Gasteiger partial charge in [-0.15, -0.1) is 0 Å². The van der Waals surface area contributed by atoms with Gasteiger partial charge in [0.15, 0.2) is 0 Å². The van der Waals surface area contributed by atoms with E-state index in [4.69, 9.17) is 13.1 Å². The van der Waals surface area contributed by atoms with E-state index in [0.29, 0.717) is 11.1 Å². The predicted molar refractivity (Wildman–Crippen MR) is 243 cm³/mol. The topological polar surface area (TPSA) is 35.5 Å². The van der Waals surface area contributed by atoms with Gasteiger partial charge in [0.05, 0.1) is 0 Å². The van der Waals surface area contributed by atoms with E-state index < -0.39 is 23.0 Å². The normalized spacial score (nSPS) is 12.7. The molecular weight excluding hydrogens is 890 g/mol. The number of benzene rings is 4. The Bertz CT molecular complexity index is 1690. The van der Waals surface area contributed by atoms with Crippen LogP contribution in [-0.2, 0) is 40.9 Å². The molecule has 0 aromatic heterocycles. The average molecular weight is 961 g/mol. The van der Waals surface area contributed by atoms with Crippen LogP contribution in [0.25, 0.3) is 0 Å². The number of halogens is 5. The third kappa shape index (κ3) is 19.1. The summed E-state index contributed by atoms with van der Waals surface area (Å²) in [5.41, 5.74) is 7.96. The first kappa shape index (κ1) is 61.3. The van der Waals surface area contributed by atoms with Gasteiger partial charge in [-0.2, -0.15) is 38.3 Å². The van der Waals surface area contributed by atoms with Crippen LogP contribution in [0.15, 0.2) is 72.8 Å². The second kappa shape index (κ2) is 27.4. The Labute approximate surface area is 367 Å². The molecule has 0 aliphatic carbocycles. The van der Waals surface area contributed by atoms with Crippen LogP contribution in [0.4, 0.5) is 17.6 Å². The molecule has 1 fully saturated rings. The second-order valence-corrected chi connectivity index (χ2v) is 16.2. The van der Waals surface area contributed by atoms with Gasteiger partial charge in [-0.05, 0) is 152 Å². The number of rotatable bonds is 4. The van der Waals surface area contributed by atoms with Gasteiger partial charge < -0.3 is 15.2 Å². The van der Waals surface area contributed by atoms with E-state index in [9.17, 15) is 17.6 Å². The Morgan fingerprint density at radius 2 is 0.860 bits per heavy atom. The molecule has 0 saturated carbocycles. The van der Waals surface area contributed by atoms with Crippen molar-refractivity contribution in [3.63, 3.8) is 0 Å². The van der Waals surface area contributed by atoms with Crippen molar-refractivity contribution in [2.45, 2.75) is 132 Å². The van der Waals surface area contributed by atoms with Crippen molar-refractivity contribution >= 4 is 35.2 Å². The first-order chi connectivity index (χ1) is 24.5. The monoisotopic (exact) mass is 960 g/mol. The van der Waals surface area contributed by atoms with E-state index in [0.717, 1.165) is 54.1 Å². The fraction of sp³-hybridized carbons (Fsp3) is 0.468. The quantitative estimate of drug-likeness (QED) is 0.0885. The molecule has 1 saturated heterocycles. The Morgan fingerprint density at radius 1 is 0.561 bits per heavy atom. The summed E-state index contributed by atoms with van der Waals surface area (Å²) in [7, 11) is -0.188. The van der Waals surface area contributed by atoms with Gasteiger partial charge in [0.2, 0.25) is 0 Å². The molecule has 0 unspecified atom stereocenters. The summed E-state index contributed by atoms with van der Waals surface area (Å²) >= 11 is 5.26. The molecule has 3 nitrogen and oxygen atoms in total.